The molecule has 1 aromatic rings. The van der Waals surface area contributed by atoms with Gasteiger partial charge in [0.05, 0.1) is 5.56 Å². The van der Waals surface area contributed by atoms with Gasteiger partial charge in [0.25, 0.3) is 5.91 Å². The van der Waals surface area contributed by atoms with Gasteiger partial charge in [0.2, 0.25) is 0 Å². The first-order valence-electron chi connectivity index (χ1n) is 6.31. The molecule has 1 amide bonds. The van der Waals surface area contributed by atoms with Gasteiger partial charge in [-0.2, -0.15) is 0 Å². The fraction of sp³-hybridized carbons (Fsp3) is 0.538. The fourth-order valence-corrected chi connectivity index (χ4v) is 1.81. The van der Waals surface area contributed by atoms with Crippen LogP contribution in [0, 0.1) is 0 Å². The van der Waals surface area contributed by atoms with E-state index in [1.807, 2.05) is 6.92 Å². The van der Waals surface area contributed by atoms with Crippen molar-refractivity contribution in [3.8, 4) is 0 Å². The van der Waals surface area contributed by atoms with Crippen molar-refractivity contribution in [1.29, 1.82) is 0 Å². The summed E-state index contributed by atoms with van der Waals surface area (Å²) in [5.41, 5.74) is 6.63. The Balaban J connectivity index is 0. The van der Waals surface area contributed by atoms with Gasteiger partial charge in [0.15, 0.2) is 0 Å². The molecule has 1 rings (SSSR count). The van der Waals surface area contributed by atoms with Crippen LogP contribution in [0.1, 0.15) is 31.1 Å². The standard InChI is InChI=1S/C13H22N4O.2ClH/c1-4-17(5-2)9-10(3)16-13(18)11-8-15-7-6-12(11)14;;/h6-8,10H,4-5,9H2,1-3H3,(H2,14,15)(H,16,18);2*1H. The average Bonchev–Trinajstić information content (AvgIpc) is 2.36. The van der Waals surface area contributed by atoms with Crippen molar-refractivity contribution in [1.82, 2.24) is 15.2 Å². The summed E-state index contributed by atoms with van der Waals surface area (Å²) in [5.74, 6) is -0.166. The predicted octanol–water partition coefficient (Wildman–Crippen LogP) is 1.97. The third-order valence-electron chi connectivity index (χ3n) is 2.90. The molecular weight excluding hydrogens is 299 g/mol. The third-order valence-corrected chi connectivity index (χ3v) is 2.90. The van der Waals surface area contributed by atoms with E-state index in [9.17, 15) is 4.79 Å². The Labute approximate surface area is 133 Å². The van der Waals surface area contributed by atoms with Gasteiger partial charge in [-0.15, -0.1) is 24.8 Å². The second-order valence-electron chi connectivity index (χ2n) is 4.32. The van der Waals surface area contributed by atoms with E-state index >= 15 is 0 Å². The van der Waals surface area contributed by atoms with Crippen LogP contribution in [0.3, 0.4) is 0 Å². The van der Waals surface area contributed by atoms with Crippen LogP contribution >= 0.6 is 24.8 Å². The molecule has 0 spiro atoms. The summed E-state index contributed by atoms with van der Waals surface area (Å²) in [5, 5.41) is 2.94. The van der Waals surface area contributed by atoms with Crippen LogP contribution in [0.5, 0.6) is 0 Å². The first kappa shape index (κ1) is 21.3. The largest absolute Gasteiger partial charge is 0.398 e. The molecule has 116 valence electrons. The minimum atomic E-state index is -0.166. The molecule has 7 heteroatoms. The Morgan fingerprint density at radius 3 is 2.50 bits per heavy atom. The van der Waals surface area contributed by atoms with E-state index in [0.29, 0.717) is 11.3 Å². The lowest BCUT2D eigenvalue weighted by molar-refractivity contribution is 0.0931. The first-order chi connectivity index (χ1) is 8.58. The summed E-state index contributed by atoms with van der Waals surface area (Å²) >= 11 is 0. The van der Waals surface area contributed by atoms with Gasteiger partial charge in [-0.1, -0.05) is 13.8 Å². The Bertz CT molecular complexity index is 400. The number of likely N-dealkylation sites (N-methyl/N-ethyl adjacent to an activating group) is 1. The predicted molar refractivity (Wildman–Crippen MR) is 87.9 cm³/mol. The number of hydrogen-bond donors (Lipinski definition) is 2. The van der Waals surface area contributed by atoms with Crippen LogP contribution in [-0.2, 0) is 0 Å². The Morgan fingerprint density at radius 1 is 1.40 bits per heavy atom. The number of pyridine rings is 1. The van der Waals surface area contributed by atoms with Gasteiger partial charge in [-0.05, 0) is 26.1 Å². The highest BCUT2D eigenvalue weighted by Crippen LogP contribution is 2.08. The number of amides is 1. The van der Waals surface area contributed by atoms with Crippen molar-refractivity contribution in [2.75, 3.05) is 25.4 Å². The van der Waals surface area contributed by atoms with E-state index in [2.05, 4.69) is 29.0 Å². The van der Waals surface area contributed by atoms with E-state index in [-0.39, 0.29) is 36.8 Å². The molecule has 0 bridgehead atoms. The maximum atomic E-state index is 12.0. The molecule has 20 heavy (non-hydrogen) atoms. The van der Waals surface area contributed by atoms with Gasteiger partial charge >= 0.3 is 0 Å². The zero-order valence-corrected chi connectivity index (χ0v) is 13.8. The molecule has 1 unspecified atom stereocenters. The molecule has 5 nitrogen and oxygen atoms in total. The van der Waals surface area contributed by atoms with E-state index in [1.165, 1.54) is 6.20 Å². The van der Waals surface area contributed by atoms with Crippen LogP contribution in [0.4, 0.5) is 5.69 Å². The van der Waals surface area contributed by atoms with E-state index in [0.717, 1.165) is 19.6 Å². The highest BCUT2D eigenvalue weighted by Gasteiger charge is 2.14. The number of nitrogen functional groups attached to an aromatic ring is 1. The molecule has 0 aliphatic carbocycles. The second-order valence-corrected chi connectivity index (χ2v) is 4.32. The number of nitrogens with two attached hydrogens (primary N) is 1. The molecule has 0 fully saturated rings. The highest BCUT2D eigenvalue weighted by atomic mass is 35.5. The van der Waals surface area contributed by atoms with Crippen LogP contribution in [0.15, 0.2) is 18.5 Å². The van der Waals surface area contributed by atoms with E-state index in [1.54, 1.807) is 12.3 Å². The van der Waals surface area contributed by atoms with Gasteiger partial charge < -0.3 is 16.0 Å². The number of halogens is 2. The van der Waals surface area contributed by atoms with Crippen molar-refractivity contribution in [3.05, 3.63) is 24.0 Å². The normalized spacial score (nSPS) is 11.2. The van der Waals surface area contributed by atoms with Crippen molar-refractivity contribution in [3.63, 3.8) is 0 Å². The summed E-state index contributed by atoms with van der Waals surface area (Å²) in [7, 11) is 0. The quantitative estimate of drug-likeness (QED) is 0.840. The topological polar surface area (TPSA) is 71.2 Å². The molecule has 1 aromatic heterocycles. The number of rotatable bonds is 6. The summed E-state index contributed by atoms with van der Waals surface area (Å²) in [6.45, 7) is 8.99. The molecule has 1 atom stereocenters. The number of hydrogen-bond acceptors (Lipinski definition) is 4. The number of aromatic nitrogens is 1. The Morgan fingerprint density at radius 2 is 2.00 bits per heavy atom. The summed E-state index contributed by atoms with van der Waals surface area (Å²) < 4.78 is 0. The molecule has 0 saturated carbocycles. The lowest BCUT2D eigenvalue weighted by Crippen LogP contribution is -2.42. The Kier molecular flexibility index (Phi) is 11.4. The van der Waals surface area contributed by atoms with Gasteiger partial charge in [-0.25, -0.2) is 0 Å². The molecule has 0 aliphatic heterocycles. The average molecular weight is 323 g/mol. The van der Waals surface area contributed by atoms with Gasteiger partial charge in [-0.3, -0.25) is 9.78 Å². The van der Waals surface area contributed by atoms with Crippen LogP contribution in [0.25, 0.3) is 0 Å². The molecule has 0 aromatic carbocycles. The minimum absolute atomic E-state index is 0. The van der Waals surface area contributed by atoms with E-state index < -0.39 is 0 Å². The highest BCUT2D eigenvalue weighted by molar-refractivity contribution is 5.98. The number of carbonyl (C=O) groups excluding carboxylic acids is 1. The maximum Gasteiger partial charge on any atom is 0.255 e. The Hall–Kier alpha value is -1.04. The van der Waals surface area contributed by atoms with Crippen molar-refractivity contribution >= 4 is 36.4 Å². The smallest absolute Gasteiger partial charge is 0.255 e. The van der Waals surface area contributed by atoms with Gasteiger partial charge in [0, 0.05) is 30.7 Å². The third kappa shape index (κ3) is 6.41. The number of anilines is 1. The SMILES string of the molecule is CCN(CC)CC(C)NC(=O)c1cnccc1N.Cl.Cl. The van der Waals surface area contributed by atoms with Crippen LogP contribution in [0.2, 0.25) is 0 Å². The first-order valence-corrected chi connectivity index (χ1v) is 6.31. The molecule has 0 aliphatic rings. The minimum Gasteiger partial charge on any atom is -0.398 e. The summed E-state index contributed by atoms with van der Waals surface area (Å²) in [6.07, 6.45) is 3.07. The van der Waals surface area contributed by atoms with E-state index in [4.69, 9.17) is 5.73 Å². The van der Waals surface area contributed by atoms with Gasteiger partial charge in [0.1, 0.15) is 0 Å². The van der Waals surface area contributed by atoms with Crippen molar-refractivity contribution in [2.45, 2.75) is 26.8 Å². The molecule has 3 N–H and O–H groups in total. The lowest BCUT2D eigenvalue weighted by Gasteiger charge is -2.23. The molecular formula is C13H24Cl2N4O. The zero-order valence-electron chi connectivity index (χ0n) is 12.1. The van der Waals surface area contributed by atoms with Crippen molar-refractivity contribution in [2.24, 2.45) is 0 Å². The number of carbonyl (C=O) groups is 1. The molecule has 1 heterocycles. The summed E-state index contributed by atoms with van der Waals surface area (Å²) in [4.78, 5) is 18.2. The van der Waals surface area contributed by atoms with Crippen LogP contribution in [-0.4, -0.2) is 41.5 Å². The van der Waals surface area contributed by atoms with Crippen molar-refractivity contribution < 1.29 is 4.79 Å². The molecule has 0 radical (unpaired) electrons. The van der Waals surface area contributed by atoms with Crippen LogP contribution < -0.4 is 11.1 Å². The second kappa shape index (κ2) is 10.7. The number of nitrogens with zero attached hydrogens (tertiary/aromatic N) is 2. The zero-order chi connectivity index (χ0) is 13.5. The summed E-state index contributed by atoms with van der Waals surface area (Å²) in [6, 6.07) is 1.71. The fourth-order valence-electron chi connectivity index (χ4n) is 1.81. The maximum absolute atomic E-state index is 12.0. The molecule has 0 saturated heterocycles. The lowest BCUT2D eigenvalue weighted by atomic mass is 10.2. The monoisotopic (exact) mass is 322 g/mol. The number of nitrogens with one attached hydrogen (secondary N) is 1.